The lowest BCUT2D eigenvalue weighted by molar-refractivity contribution is -0.130. The maximum Gasteiger partial charge on any atom is 0.219 e. The standard InChI is InChI=1S/C16H32N6O/c1-3-21-7-4-5-15(21)13-19-16(17)18-6-8-20-9-11-22(12-10-20)14(2)23/h15H,3-13H2,1-2H3,(H3,17,18,19). The molecule has 132 valence electrons. The fourth-order valence-electron chi connectivity index (χ4n) is 3.41. The molecule has 0 spiro atoms. The van der Waals surface area contributed by atoms with Gasteiger partial charge < -0.3 is 16.0 Å². The number of aliphatic imine (C=N–C) groups is 1. The van der Waals surface area contributed by atoms with Gasteiger partial charge in [-0.2, -0.15) is 0 Å². The maximum atomic E-state index is 11.3. The zero-order valence-electron chi connectivity index (χ0n) is 14.6. The number of likely N-dealkylation sites (tertiary alicyclic amines) is 1. The van der Waals surface area contributed by atoms with Crippen LogP contribution in [0.3, 0.4) is 0 Å². The fourth-order valence-corrected chi connectivity index (χ4v) is 3.41. The van der Waals surface area contributed by atoms with Crippen molar-refractivity contribution >= 4 is 11.9 Å². The van der Waals surface area contributed by atoms with Gasteiger partial charge in [-0.25, -0.2) is 0 Å². The van der Waals surface area contributed by atoms with E-state index in [-0.39, 0.29) is 5.91 Å². The summed E-state index contributed by atoms with van der Waals surface area (Å²) in [6.07, 6.45) is 2.50. The molecule has 7 heteroatoms. The quantitative estimate of drug-likeness (QED) is 0.511. The molecule has 1 amide bonds. The molecule has 2 aliphatic rings. The van der Waals surface area contributed by atoms with Gasteiger partial charge in [0.1, 0.15) is 0 Å². The molecule has 0 radical (unpaired) electrons. The van der Waals surface area contributed by atoms with Crippen molar-refractivity contribution in [1.29, 1.82) is 0 Å². The van der Waals surface area contributed by atoms with E-state index in [1.165, 1.54) is 19.4 Å². The third kappa shape index (κ3) is 5.66. The van der Waals surface area contributed by atoms with Gasteiger partial charge in [0.2, 0.25) is 5.91 Å². The van der Waals surface area contributed by atoms with Crippen LogP contribution in [0.25, 0.3) is 0 Å². The summed E-state index contributed by atoms with van der Waals surface area (Å²) in [6, 6.07) is 0.556. The van der Waals surface area contributed by atoms with Crippen LogP contribution in [-0.2, 0) is 4.79 Å². The van der Waals surface area contributed by atoms with E-state index in [1.807, 2.05) is 4.90 Å². The zero-order chi connectivity index (χ0) is 16.7. The van der Waals surface area contributed by atoms with Gasteiger partial charge in [0.25, 0.3) is 0 Å². The highest BCUT2D eigenvalue weighted by Gasteiger charge is 2.22. The van der Waals surface area contributed by atoms with Crippen LogP contribution >= 0.6 is 0 Å². The highest BCUT2D eigenvalue weighted by molar-refractivity contribution is 5.77. The number of nitrogens with zero attached hydrogens (tertiary/aromatic N) is 4. The lowest BCUT2D eigenvalue weighted by Gasteiger charge is -2.34. The first-order chi connectivity index (χ1) is 11.1. The number of rotatable bonds is 6. The minimum absolute atomic E-state index is 0.173. The van der Waals surface area contributed by atoms with E-state index in [4.69, 9.17) is 5.73 Å². The van der Waals surface area contributed by atoms with E-state index in [1.54, 1.807) is 6.92 Å². The fraction of sp³-hybridized carbons (Fsp3) is 0.875. The summed E-state index contributed by atoms with van der Waals surface area (Å²) >= 11 is 0. The Morgan fingerprint density at radius 3 is 2.65 bits per heavy atom. The Kier molecular flexibility index (Phi) is 7.11. The Labute approximate surface area is 139 Å². The van der Waals surface area contributed by atoms with E-state index < -0.39 is 0 Å². The van der Waals surface area contributed by atoms with E-state index in [9.17, 15) is 4.79 Å². The number of likely N-dealkylation sites (N-methyl/N-ethyl adjacent to an activating group) is 1. The highest BCUT2D eigenvalue weighted by Crippen LogP contribution is 2.16. The molecular weight excluding hydrogens is 292 g/mol. The third-order valence-corrected chi connectivity index (χ3v) is 4.93. The Morgan fingerprint density at radius 2 is 2.00 bits per heavy atom. The predicted molar refractivity (Wildman–Crippen MR) is 93.5 cm³/mol. The molecule has 2 fully saturated rings. The molecule has 23 heavy (non-hydrogen) atoms. The van der Waals surface area contributed by atoms with Crippen LogP contribution < -0.4 is 11.1 Å². The lowest BCUT2D eigenvalue weighted by Crippen LogP contribution is -2.50. The van der Waals surface area contributed by atoms with E-state index >= 15 is 0 Å². The highest BCUT2D eigenvalue weighted by atomic mass is 16.2. The van der Waals surface area contributed by atoms with Gasteiger partial charge in [0, 0.05) is 52.2 Å². The van der Waals surface area contributed by atoms with Crippen LogP contribution in [0.4, 0.5) is 0 Å². The molecule has 1 unspecified atom stereocenters. The summed E-state index contributed by atoms with van der Waals surface area (Å²) < 4.78 is 0. The molecule has 1 atom stereocenters. The summed E-state index contributed by atoms with van der Waals surface area (Å²) in [7, 11) is 0. The normalized spacial score (nSPS) is 24.2. The minimum atomic E-state index is 0.173. The predicted octanol–water partition coefficient (Wildman–Crippen LogP) is -0.461. The molecule has 2 rings (SSSR count). The molecule has 2 heterocycles. The number of carbonyl (C=O) groups is 1. The molecule has 0 aromatic heterocycles. The average molecular weight is 324 g/mol. The van der Waals surface area contributed by atoms with Gasteiger partial charge in [-0.15, -0.1) is 0 Å². The first-order valence-electron chi connectivity index (χ1n) is 8.86. The van der Waals surface area contributed by atoms with Crippen LogP contribution in [0.2, 0.25) is 0 Å². The minimum Gasteiger partial charge on any atom is -0.370 e. The van der Waals surface area contributed by atoms with Crippen molar-refractivity contribution in [3.05, 3.63) is 0 Å². The maximum absolute atomic E-state index is 11.3. The number of hydrogen-bond donors (Lipinski definition) is 2. The molecule has 0 aromatic carbocycles. The van der Waals surface area contributed by atoms with Crippen LogP contribution in [-0.4, -0.2) is 91.5 Å². The Balaban J connectivity index is 1.60. The number of hydrogen-bond acceptors (Lipinski definition) is 4. The Hall–Kier alpha value is -1.34. The third-order valence-electron chi connectivity index (χ3n) is 4.93. The van der Waals surface area contributed by atoms with Gasteiger partial charge in [-0.3, -0.25) is 19.6 Å². The summed E-state index contributed by atoms with van der Waals surface area (Å²) in [6.45, 7) is 12.2. The van der Waals surface area contributed by atoms with Gasteiger partial charge >= 0.3 is 0 Å². The molecule has 2 aliphatic heterocycles. The average Bonchev–Trinajstić information content (AvgIpc) is 3.01. The second kappa shape index (κ2) is 9.08. The van der Waals surface area contributed by atoms with E-state index in [2.05, 4.69) is 27.0 Å². The number of nitrogens with two attached hydrogens (primary N) is 1. The van der Waals surface area contributed by atoms with E-state index in [0.29, 0.717) is 12.0 Å². The molecular formula is C16H32N6O. The number of guanidine groups is 1. The molecule has 3 N–H and O–H groups in total. The first-order valence-corrected chi connectivity index (χ1v) is 8.86. The molecule has 0 aromatic rings. The smallest absolute Gasteiger partial charge is 0.219 e. The van der Waals surface area contributed by atoms with Gasteiger partial charge in [-0.1, -0.05) is 6.92 Å². The van der Waals surface area contributed by atoms with Crippen LogP contribution in [0, 0.1) is 0 Å². The molecule has 0 saturated carbocycles. The van der Waals surface area contributed by atoms with Crippen molar-refractivity contribution in [2.45, 2.75) is 32.7 Å². The van der Waals surface area contributed by atoms with Crippen LogP contribution in [0.15, 0.2) is 4.99 Å². The number of amides is 1. The molecule has 2 saturated heterocycles. The zero-order valence-corrected chi connectivity index (χ0v) is 14.6. The van der Waals surface area contributed by atoms with Crippen LogP contribution in [0.1, 0.15) is 26.7 Å². The second-order valence-electron chi connectivity index (χ2n) is 6.43. The molecule has 7 nitrogen and oxygen atoms in total. The van der Waals surface area contributed by atoms with Gasteiger partial charge in [0.05, 0.1) is 6.54 Å². The summed E-state index contributed by atoms with van der Waals surface area (Å²) in [5.41, 5.74) is 5.97. The number of nitrogens with one attached hydrogen (secondary N) is 1. The second-order valence-corrected chi connectivity index (χ2v) is 6.43. The van der Waals surface area contributed by atoms with Crippen molar-refractivity contribution in [1.82, 2.24) is 20.0 Å². The molecule has 0 bridgehead atoms. The topological polar surface area (TPSA) is 77.2 Å². The first kappa shape index (κ1) is 18.0. The summed E-state index contributed by atoms with van der Waals surface area (Å²) in [4.78, 5) is 22.5. The number of carbonyl (C=O) groups excluding carboxylic acids is 1. The van der Waals surface area contributed by atoms with Gasteiger partial charge in [-0.05, 0) is 25.9 Å². The van der Waals surface area contributed by atoms with Gasteiger partial charge in [0.15, 0.2) is 5.96 Å². The Bertz CT molecular complexity index is 405. The van der Waals surface area contributed by atoms with Crippen LogP contribution in [0.5, 0.6) is 0 Å². The summed E-state index contributed by atoms with van der Waals surface area (Å²) in [5.74, 6) is 0.725. The number of piperazine rings is 1. The van der Waals surface area contributed by atoms with Crippen molar-refractivity contribution in [2.75, 3.05) is 58.9 Å². The molecule has 0 aliphatic carbocycles. The largest absolute Gasteiger partial charge is 0.370 e. The van der Waals surface area contributed by atoms with E-state index in [0.717, 1.165) is 52.4 Å². The van der Waals surface area contributed by atoms with Crippen molar-refractivity contribution < 1.29 is 4.79 Å². The van der Waals surface area contributed by atoms with Crippen molar-refractivity contribution in [3.8, 4) is 0 Å². The summed E-state index contributed by atoms with van der Waals surface area (Å²) in [5, 5.41) is 3.21. The van der Waals surface area contributed by atoms with Crippen molar-refractivity contribution in [2.24, 2.45) is 10.7 Å². The van der Waals surface area contributed by atoms with Crippen molar-refractivity contribution in [3.63, 3.8) is 0 Å². The Morgan fingerprint density at radius 1 is 1.26 bits per heavy atom. The lowest BCUT2D eigenvalue weighted by atomic mass is 10.2. The SMILES string of the molecule is CCN1CCCC1CN=C(N)NCCN1CCN(C(C)=O)CC1. The monoisotopic (exact) mass is 324 g/mol.